The van der Waals surface area contributed by atoms with Gasteiger partial charge >= 0.3 is 27.4 Å². The van der Waals surface area contributed by atoms with E-state index in [9.17, 15) is 0 Å². The Morgan fingerprint density at radius 1 is 0.317 bits per heavy atom. The topological polar surface area (TPSA) is 29.4 Å². The van der Waals surface area contributed by atoms with Gasteiger partial charge in [0.05, 0.1) is 0 Å². The molecule has 0 unspecified atom stereocenters. The minimum atomic E-state index is -0.446. The van der Waals surface area contributed by atoms with E-state index in [1.165, 1.54) is 31.8 Å². The van der Waals surface area contributed by atoms with Crippen molar-refractivity contribution in [2.75, 3.05) is 0 Å². The van der Waals surface area contributed by atoms with Crippen LogP contribution in [-0.2, 0) is 18.5 Å². The van der Waals surface area contributed by atoms with Crippen molar-refractivity contribution in [1.29, 1.82) is 0 Å². The molecule has 0 fully saturated rings. The maximum absolute atomic E-state index is 8.52. The third-order valence-electron chi connectivity index (χ3n) is 6.09. The molecule has 0 amide bonds. The van der Waals surface area contributed by atoms with Crippen molar-refractivity contribution in [3.63, 3.8) is 0 Å². The van der Waals surface area contributed by atoms with Crippen molar-refractivity contribution >= 4 is 47.7 Å². The van der Waals surface area contributed by atoms with Gasteiger partial charge in [-0.2, -0.15) is 0 Å². The van der Waals surface area contributed by atoms with Crippen molar-refractivity contribution < 1.29 is 18.5 Å². The average molecular weight is 656 g/mol. The first-order chi connectivity index (χ1) is 20.3. The van der Waals surface area contributed by atoms with E-state index in [1.807, 2.05) is 0 Å². The van der Waals surface area contributed by atoms with E-state index in [2.05, 4.69) is 186 Å². The maximum atomic E-state index is 8.52. The molecule has 0 N–H and O–H groups in total. The first-order valence-corrected chi connectivity index (χ1v) is 16.6. The molecule has 0 saturated carbocycles. The van der Waals surface area contributed by atoms with E-state index >= 15 is 0 Å². The fraction of sp³-hybridized carbons (Fsp3) is 0. The van der Waals surface area contributed by atoms with E-state index in [1.54, 1.807) is 18.5 Å². The molecular formula is C36H30NOP2Ru. The van der Waals surface area contributed by atoms with Crippen LogP contribution < -0.4 is 31.8 Å². The molecule has 0 spiro atoms. The van der Waals surface area contributed by atoms with Gasteiger partial charge in [0.1, 0.15) is 0 Å². The second-order valence-corrected chi connectivity index (χ2v) is 13.5. The van der Waals surface area contributed by atoms with Crippen LogP contribution in [-0.4, -0.2) is 0 Å². The summed E-state index contributed by atoms with van der Waals surface area (Å²) in [5.74, 6) is 0. The zero-order chi connectivity index (χ0) is 28.5. The molecule has 0 radical (unpaired) electrons. The van der Waals surface area contributed by atoms with E-state index in [-0.39, 0.29) is 0 Å². The molecule has 6 aromatic carbocycles. The van der Waals surface area contributed by atoms with Gasteiger partial charge in [-0.1, -0.05) is 182 Å². The van der Waals surface area contributed by atoms with Crippen molar-refractivity contribution in [2.24, 2.45) is 3.92 Å². The predicted octanol–water partition coefficient (Wildman–Crippen LogP) is 7.10. The van der Waals surface area contributed by atoms with Crippen LogP contribution in [0.5, 0.6) is 0 Å². The largest absolute Gasteiger partial charge is 0.0622 e. The van der Waals surface area contributed by atoms with Crippen LogP contribution in [0.15, 0.2) is 186 Å². The van der Waals surface area contributed by atoms with Gasteiger partial charge in [0.2, 0.25) is 0 Å². The minimum Gasteiger partial charge on any atom is -0.0622 e. The molecule has 0 atom stereocenters. The molecule has 2 nitrogen and oxygen atoms in total. The van der Waals surface area contributed by atoms with Crippen LogP contribution in [0.2, 0.25) is 0 Å². The van der Waals surface area contributed by atoms with Gasteiger partial charge in [-0.25, -0.2) is 0 Å². The molecule has 0 bridgehead atoms. The quantitative estimate of drug-likeness (QED) is 0.107. The molecule has 0 aromatic heterocycles. The number of hydrogen-bond donors (Lipinski definition) is 0. The van der Waals surface area contributed by atoms with Crippen LogP contribution in [0.25, 0.3) is 0 Å². The first-order valence-electron chi connectivity index (χ1n) is 13.1. The normalized spacial score (nSPS) is 10.1. The van der Waals surface area contributed by atoms with Gasteiger partial charge in [0.25, 0.3) is 0 Å². The van der Waals surface area contributed by atoms with Gasteiger partial charge < -0.3 is 0 Å². The number of hydrogen-bond acceptors (Lipinski definition) is 2. The zero-order valence-corrected chi connectivity index (χ0v) is 26.0. The number of nitrogens with zero attached hydrogens (tertiary/aromatic N) is 1. The molecule has 6 rings (SSSR count). The molecule has 0 saturated heterocycles. The fourth-order valence-corrected chi connectivity index (χ4v) is 8.97. The minimum absolute atomic E-state index is 0.446. The summed E-state index contributed by atoms with van der Waals surface area (Å²) < 4.78 is 2.18. The van der Waals surface area contributed by atoms with Crippen LogP contribution in [0.3, 0.4) is 0 Å². The van der Waals surface area contributed by atoms with Crippen molar-refractivity contribution in [2.45, 2.75) is 0 Å². The molecule has 5 heteroatoms. The SMILES string of the molecule is O=[N][Ru].c1ccc(P(c2ccccc2)c2ccccc2)cc1.c1ccc(P(c2ccccc2)c2ccccc2)cc1. The van der Waals surface area contributed by atoms with Crippen LogP contribution in [0, 0.1) is 4.91 Å². The number of benzene rings is 6. The zero-order valence-electron chi connectivity index (χ0n) is 22.4. The Morgan fingerprint density at radius 2 is 0.439 bits per heavy atom. The third-order valence-corrected chi connectivity index (χ3v) is 11.0. The Bertz CT molecular complexity index is 1230. The van der Waals surface area contributed by atoms with Crippen LogP contribution in [0.4, 0.5) is 0 Å². The summed E-state index contributed by atoms with van der Waals surface area (Å²) in [6.45, 7) is 0. The molecule has 0 aliphatic heterocycles. The van der Waals surface area contributed by atoms with E-state index in [4.69, 9.17) is 4.91 Å². The molecule has 0 heterocycles. The number of rotatable bonds is 6. The average Bonchev–Trinajstić information content (AvgIpc) is 3.05. The van der Waals surface area contributed by atoms with Crippen molar-refractivity contribution in [3.8, 4) is 0 Å². The summed E-state index contributed by atoms with van der Waals surface area (Å²) >= 11 is 1.58. The molecule has 0 aliphatic carbocycles. The van der Waals surface area contributed by atoms with Crippen molar-refractivity contribution in [3.05, 3.63) is 187 Å². The Balaban J connectivity index is 0.000000173. The summed E-state index contributed by atoms with van der Waals surface area (Å²) in [6.07, 6.45) is 0. The Hall–Kier alpha value is -3.60. The smallest absolute Gasteiger partial charge is 0.0134 e. The second kappa shape index (κ2) is 17.3. The third kappa shape index (κ3) is 9.21. The summed E-state index contributed by atoms with van der Waals surface area (Å²) in [7, 11) is -0.892. The van der Waals surface area contributed by atoms with Crippen LogP contribution in [0.1, 0.15) is 0 Å². The predicted molar refractivity (Wildman–Crippen MR) is 176 cm³/mol. The summed E-state index contributed by atoms with van der Waals surface area (Å²) in [5.41, 5.74) is 0. The monoisotopic (exact) mass is 656 g/mol. The fourth-order valence-electron chi connectivity index (χ4n) is 4.36. The number of nitroso groups, excluding NO2 is 1. The molecular weight excluding hydrogens is 625 g/mol. The Morgan fingerprint density at radius 3 is 0.561 bits per heavy atom. The Labute approximate surface area is 255 Å². The molecule has 41 heavy (non-hydrogen) atoms. The van der Waals surface area contributed by atoms with Gasteiger partial charge in [0, 0.05) is 0 Å². The molecule has 0 aliphatic rings. The van der Waals surface area contributed by atoms with Crippen LogP contribution >= 0.6 is 15.8 Å². The Kier molecular flexibility index (Phi) is 12.8. The first kappa shape index (κ1) is 30.4. The summed E-state index contributed by atoms with van der Waals surface area (Å²) in [5, 5.41) is 8.39. The summed E-state index contributed by atoms with van der Waals surface area (Å²) in [4.78, 5) is 8.52. The summed E-state index contributed by atoms with van der Waals surface area (Å²) in [6, 6.07) is 64.7. The van der Waals surface area contributed by atoms with Gasteiger partial charge in [-0.3, -0.25) is 0 Å². The second-order valence-electron chi connectivity index (χ2n) is 8.75. The van der Waals surface area contributed by atoms with Gasteiger partial charge in [-0.05, 0) is 47.7 Å². The van der Waals surface area contributed by atoms with E-state index in [0.29, 0.717) is 0 Å². The van der Waals surface area contributed by atoms with Crippen molar-refractivity contribution in [1.82, 2.24) is 0 Å². The van der Waals surface area contributed by atoms with E-state index in [0.717, 1.165) is 0 Å². The van der Waals surface area contributed by atoms with Gasteiger partial charge in [0.15, 0.2) is 0 Å². The maximum Gasteiger partial charge on any atom is -0.0134 e. The standard InChI is InChI=1S/2C18H15P.NO.Ru/c2*1-4-10-16(11-5-1)19(17-12-6-2-7-13-17)18-14-8-3-9-15-18;1-2;/h2*1-15H;;/q;;-1;+1. The van der Waals surface area contributed by atoms with E-state index < -0.39 is 15.8 Å². The molecule has 203 valence electrons. The molecule has 6 aromatic rings. The van der Waals surface area contributed by atoms with Gasteiger partial charge in [-0.15, -0.1) is 0 Å².